The molecule has 0 aliphatic carbocycles. The molecule has 4 atom stereocenters. The number of nitrogens with one attached hydrogen (secondary N) is 3. The van der Waals surface area contributed by atoms with Gasteiger partial charge in [0.15, 0.2) is 0 Å². The molecule has 8 heteroatoms. The van der Waals surface area contributed by atoms with Crippen LogP contribution in [0.15, 0.2) is 59.1 Å². The van der Waals surface area contributed by atoms with Gasteiger partial charge < -0.3 is 15.4 Å². The third-order valence-corrected chi connectivity index (χ3v) is 7.27. The summed E-state index contributed by atoms with van der Waals surface area (Å²) in [6.07, 6.45) is -0.266. The van der Waals surface area contributed by atoms with Crippen molar-refractivity contribution in [3.05, 3.63) is 69.6 Å². The second kappa shape index (κ2) is 8.61. The van der Waals surface area contributed by atoms with Gasteiger partial charge in [0.25, 0.3) is 0 Å². The van der Waals surface area contributed by atoms with Gasteiger partial charge in [0, 0.05) is 22.2 Å². The summed E-state index contributed by atoms with van der Waals surface area (Å²) in [6.45, 7) is 1.86. The molecule has 0 bridgehead atoms. The molecule has 1 saturated heterocycles. The molecule has 4 rings (SSSR count). The Bertz CT molecular complexity index is 915. The number of rotatable bonds is 5. The summed E-state index contributed by atoms with van der Waals surface area (Å²) in [7, 11) is 1.37. The Morgan fingerprint density at radius 3 is 2.66 bits per heavy atom. The van der Waals surface area contributed by atoms with Crippen LogP contribution in [-0.4, -0.2) is 30.6 Å². The maximum atomic E-state index is 13.1. The largest absolute Gasteiger partial charge is 0.466 e. The molecule has 2 aliphatic rings. The normalized spacial score (nSPS) is 26.3. The van der Waals surface area contributed by atoms with Crippen molar-refractivity contribution in [2.45, 2.75) is 30.3 Å². The molecule has 0 spiro atoms. The number of thioether (sulfide) groups is 1. The summed E-state index contributed by atoms with van der Waals surface area (Å²) < 4.78 is 5.02. The van der Waals surface area contributed by atoms with E-state index in [4.69, 9.17) is 4.74 Å². The van der Waals surface area contributed by atoms with Crippen LogP contribution in [-0.2, 0) is 20.1 Å². The van der Waals surface area contributed by atoms with Gasteiger partial charge >= 0.3 is 5.97 Å². The zero-order valence-corrected chi connectivity index (χ0v) is 17.8. The van der Waals surface area contributed by atoms with Crippen molar-refractivity contribution in [2.75, 3.05) is 7.11 Å². The monoisotopic (exact) mass is 429 g/mol. The number of carbonyl (C=O) groups excluding carboxylic acids is 2. The maximum absolute atomic E-state index is 13.1. The average Bonchev–Trinajstić information content (AvgIpc) is 3.26. The number of allylic oxidation sites excluding steroid dienone is 1. The predicted molar refractivity (Wildman–Crippen MR) is 115 cm³/mol. The van der Waals surface area contributed by atoms with E-state index in [-0.39, 0.29) is 23.5 Å². The number of amides is 1. The summed E-state index contributed by atoms with van der Waals surface area (Å²) in [6, 6.07) is 14.1. The van der Waals surface area contributed by atoms with Crippen molar-refractivity contribution in [3.8, 4) is 0 Å². The standard InChI is InChI=1S/C21H23N3O3S2/c1-12-15(20(26)27-2)16(14-9-6-10-28-14)17-18(22-12)23-21(24-19(17)25)29-11-13-7-4-3-5-8-13/h3-10,16-18,21-23H,11H2,1-2H3,(H,24,25). The minimum absolute atomic E-state index is 0.0703. The first kappa shape index (κ1) is 20.0. The summed E-state index contributed by atoms with van der Waals surface area (Å²) in [5.74, 6) is -0.479. The molecule has 3 heterocycles. The fourth-order valence-corrected chi connectivity index (χ4v) is 5.78. The number of hydrogen-bond acceptors (Lipinski definition) is 7. The first-order valence-electron chi connectivity index (χ1n) is 9.39. The lowest BCUT2D eigenvalue weighted by Crippen LogP contribution is -2.67. The van der Waals surface area contributed by atoms with E-state index in [1.807, 2.05) is 42.6 Å². The van der Waals surface area contributed by atoms with Gasteiger partial charge in [0.05, 0.1) is 24.8 Å². The summed E-state index contributed by atoms with van der Waals surface area (Å²) in [5.41, 5.74) is 2.25. The fraction of sp³-hybridized carbons (Fsp3) is 0.333. The van der Waals surface area contributed by atoms with E-state index < -0.39 is 11.9 Å². The zero-order valence-electron chi connectivity index (χ0n) is 16.2. The summed E-state index contributed by atoms with van der Waals surface area (Å²) in [4.78, 5) is 26.6. The Balaban J connectivity index is 1.58. The van der Waals surface area contributed by atoms with Crippen LogP contribution in [0.4, 0.5) is 0 Å². The molecule has 1 fully saturated rings. The highest BCUT2D eigenvalue weighted by Gasteiger charge is 2.48. The van der Waals surface area contributed by atoms with Gasteiger partial charge in [0.2, 0.25) is 5.91 Å². The van der Waals surface area contributed by atoms with E-state index in [1.54, 1.807) is 23.1 Å². The van der Waals surface area contributed by atoms with Crippen LogP contribution in [0, 0.1) is 5.92 Å². The lowest BCUT2D eigenvalue weighted by Gasteiger charge is -2.45. The number of benzene rings is 1. The molecule has 4 unspecified atom stereocenters. The van der Waals surface area contributed by atoms with Crippen LogP contribution in [0.2, 0.25) is 0 Å². The van der Waals surface area contributed by atoms with Crippen molar-refractivity contribution in [2.24, 2.45) is 5.92 Å². The molecule has 2 aliphatic heterocycles. The van der Waals surface area contributed by atoms with Crippen LogP contribution in [0.5, 0.6) is 0 Å². The molecule has 1 aromatic carbocycles. The number of fused-ring (bicyclic) bond motifs is 1. The van der Waals surface area contributed by atoms with Crippen molar-refractivity contribution < 1.29 is 14.3 Å². The molecule has 0 radical (unpaired) electrons. The Labute approximate surface area is 178 Å². The van der Waals surface area contributed by atoms with E-state index in [9.17, 15) is 9.59 Å². The van der Waals surface area contributed by atoms with Gasteiger partial charge in [-0.3, -0.25) is 10.1 Å². The summed E-state index contributed by atoms with van der Waals surface area (Å²) in [5, 5.41) is 11.9. The molecule has 2 aromatic rings. The third-order valence-electron chi connectivity index (χ3n) is 5.23. The summed E-state index contributed by atoms with van der Waals surface area (Å²) >= 11 is 3.18. The molecular formula is C21H23N3O3S2. The van der Waals surface area contributed by atoms with Gasteiger partial charge in [0.1, 0.15) is 5.50 Å². The molecular weight excluding hydrogens is 406 g/mol. The third kappa shape index (κ3) is 4.05. The lowest BCUT2D eigenvalue weighted by molar-refractivity contribution is -0.137. The van der Waals surface area contributed by atoms with Gasteiger partial charge in [-0.25, -0.2) is 4.79 Å². The highest BCUT2D eigenvalue weighted by molar-refractivity contribution is 7.99. The Morgan fingerprint density at radius 2 is 1.97 bits per heavy atom. The van der Waals surface area contributed by atoms with Crippen molar-refractivity contribution in [1.29, 1.82) is 0 Å². The van der Waals surface area contributed by atoms with E-state index in [1.165, 1.54) is 12.7 Å². The second-order valence-corrected chi connectivity index (χ2v) is 9.10. The number of carbonyl (C=O) groups is 2. The topological polar surface area (TPSA) is 79.5 Å². The van der Waals surface area contributed by atoms with E-state index >= 15 is 0 Å². The Kier molecular flexibility index (Phi) is 5.94. The van der Waals surface area contributed by atoms with Gasteiger partial charge in [-0.1, -0.05) is 36.4 Å². The number of thiophene rings is 1. The molecule has 1 amide bonds. The first-order chi connectivity index (χ1) is 14.1. The first-order valence-corrected chi connectivity index (χ1v) is 11.3. The molecule has 1 aromatic heterocycles. The van der Waals surface area contributed by atoms with Gasteiger partial charge in [-0.15, -0.1) is 23.1 Å². The SMILES string of the molecule is COC(=O)C1=C(C)NC2NC(SCc3ccccc3)NC(=O)C2C1c1cccs1. The maximum Gasteiger partial charge on any atom is 0.336 e. The van der Waals surface area contributed by atoms with Crippen LogP contribution in [0.3, 0.4) is 0 Å². The van der Waals surface area contributed by atoms with Crippen molar-refractivity contribution in [1.82, 2.24) is 16.0 Å². The van der Waals surface area contributed by atoms with Crippen molar-refractivity contribution in [3.63, 3.8) is 0 Å². The second-order valence-electron chi connectivity index (χ2n) is 7.02. The minimum Gasteiger partial charge on any atom is -0.466 e. The molecule has 152 valence electrons. The fourth-order valence-electron chi connectivity index (χ4n) is 3.91. The van der Waals surface area contributed by atoms with E-state index in [0.29, 0.717) is 5.57 Å². The molecule has 29 heavy (non-hydrogen) atoms. The van der Waals surface area contributed by atoms with E-state index in [0.717, 1.165) is 16.3 Å². The minimum atomic E-state index is -0.444. The van der Waals surface area contributed by atoms with E-state index in [2.05, 4.69) is 28.1 Å². The van der Waals surface area contributed by atoms with Crippen LogP contribution >= 0.6 is 23.1 Å². The smallest absolute Gasteiger partial charge is 0.336 e. The molecule has 6 nitrogen and oxygen atoms in total. The van der Waals surface area contributed by atoms with Crippen LogP contribution in [0.1, 0.15) is 23.3 Å². The molecule has 3 N–H and O–H groups in total. The highest BCUT2D eigenvalue weighted by atomic mass is 32.2. The number of hydrogen-bond donors (Lipinski definition) is 3. The molecule has 0 saturated carbocycles. The van der Waals surface area contributed by atoms with Crippen molar-refractivity contribution >= 4 is 35.0 Å². The highest BCUT2D eigenvalue weighted by Crippen LogP contribution is 2.42. The number of methoxy groups -OCH3 is 1. The quantitative estimate of drug-likeness (QED) is 0.635. The predicted octanol–water partition coefficient (Wildman–Crippen LogP) is 2.76. The number of ether oxygens (including phenoxy) is 1. The van der Waals surface area contributed by atoms with Gasteiger partial charge in [-0.2, -0.15) is 0 Å². The zero-order chi connectivity index (χ0) is 20.4. The Hall–Kier alpha value is -2.29. The van der Waals surface area contributed by atoms with Gasteiger partial charge in [-0.05, 0) is 23.9 Å². The average molecular weight is 430 g/mol. The lowest BCUT2D eigenvalue weighted by atomic mass is 9.77. The van der Waals surface area contributed by atoms with Crippen LogP contribution < -0.4 is 16.0 Å². The Morgan fingerprint density at radius 1 is 1.17 bits per heavy atom. The number of esters is 1. The van der Waals surface area contributed by atoms with Crippen LogP contribution in [0.25, 0.3) is 0 Å².